The van der Waals surface area contributed by atoms with Crippen molar-refractivity contribution < 1.29 is 18.1 Å². The molecule has 0 unspecified atom stereocenters. The van der Waals surface area contributed by atoms with Crippen molar-refractivity contribution >= 4 is 33.7 Å². The fourth-order valence-electron chi connectivity index (χ4n) is 2.72. The maximum Gasteiger partial charge on any atom is 0.295 e. The van der Waals surface area contributed by atoms with Crippen molar-refractivity contribution in [3.63, 3.8) is 0 Å². The van der Waals surface area contributed by atoms with E-state index >= 15 is 0 Å². The Morgan fingerprint density at radius 3 is 2.55 bits per heavy atom. The van der Waals surface area contributed by atoms with Gasteiger partial charge in [-0.05, 0) is 23.8 Å². The largest absolute Gasteiger partial charge is 0.379 e. The number of nitrogens with zero attached hydrogens (tertiary/aromatic N) is 3. The third kappa shape index (κ3) is 5.25. The molecule has 0 radical (unpaired) electrons. The highest BCUT2D eigenvalue weighted by Crippen LogP contribution is 2.29. The van der Waals surface area contributed by atoms with Crippen molar-refractivity contribution in [2.75, 3.05) is 31.7 Å². The van der Waals surface area contributed by atoms with Crippen LogP contribution < -0.4 is 5.43 Å². The van der Waals surface area contributed by atoms with Gasteiger partial charge in [0.1, 0.15) is 5.69 Å². The van der Waals surface area contributed by atoms with Gasteiger partial charge in [0.2, 0.25) is 10.0 Å². The number of nitrogens with one attached hydrogen (secondary N) is 1. The first-order valence-corrected chi connectivity index (χ1v) is 10.3. The molecule has 0 saturated carbocycles. The lowest BCUT2D eigenvalue weighted by atomic mass is 10.2. The van der Waals surface area contributed by atoms with Crippen LogP contribution in [0.25, 0.3) is 6.08 Å². The molecule has 0 amide bonds. The lowest BCUT2D eigenvalue weighted by Crippen LogP contribution is -2.40. The molecular formula is C19H20N4O5S. The van der Waals surface area contributed by atoms with Gasteiger partial charge in [-0.15, -0.1) is 0 Å². The van der Waals surface area contributed by atoms with Gasteiger partial charge in [0.05, 0.1) is 23.0 Å². The SMILES string of the molecule is O=[N+]([O-])c1cc(S(=O)(=O)N2CCOCC2)ccc1N/N=C\C=C\c1ccccc1. The number of nitro benzene ring substituents is 1. The number of sulfonamides is 1. The number of rotatable bonds is 7. The minimum absolute atomic E-state index is 0.0975. The number of hydrogen-bond acceptors (Lipinski definition) is 7. The first-order valence-electron chi connectivity index (χ1n) is 8.85. The highest BCUT2D eigenvalue weighted by molar-refractivity contribution is 7.89. The molecule has 1 aliphatic heterocycles. The maximum atomic E-state index is 12.7. The number of ether oxygens (including phenoxy) is 1. The molecule has 0 spiro atoms. The van der Waals surface area contributed by atoms with Gasteiger partial charge < -0.3 is 4.74 Å². The lowest BCUT2D eigenvalue weighted by Gasteiger charge is -2.26. The normalized spacial score (nSPS) is 15.7. The Bertz CT molecular complexity index is 1020. The van der Waals surface area contributed by atoms with Crippen LogP contribution in [-0.2, 0) is 14.8 Å². The van der Waals surface area contributed by atoms with E-state index in [0.29, 0.717) is 13.2 Å². The van der Waals surface area contributed by atoms with Gasteiger partial charge in [0.25, 0.3) is 5.69 Å². The van der Waals surface area contributed by atoms with Crippen molar-refractivity contribution in [3.05, 3.63) is 70.3 Å². The molecule has 0 aliphatic carbocycles. The minimum atomic E-state index is -3.82. The quantitative estimate of drug-likeness (QED) is 0.422. The summed E-state index contributed by atoms with van der Waals surface area (Å²) in [5.74, 6) is 0. The third-order valence-corrected chi connectivity index (χ3v) is 6.10. The van der Waals surface area contributed by atoms with Crippen molar-refractivity contribution in [1.29, 1.82) is 0 Å². The number of allylic oxidation sites excluding steroid dienone is 1. The molecule has 1 aliphatic rings. The summed E-state index contributed by atoms with van der Waals surface area (Å²) < 4.78 is 31.8. The van der Waals surface area contributed by atoms with E-state index in [-0.39, 0.29) is 29.4 Å². The molecular weight excluding hydrogens is 396 g/mol. The maximum absolute atomic E-state index is 12.7. The topological polar surface area (TPSA) is 114 Å². The summed E-state index contributed by atoms with van der Waals surface area (Å²) in [6.45, 7) is 1.03. The van der Waals surface area contributed by atoms with Gasteiger partial charge in [0, 0.05) is 25.4 Å². The molecule has 29 heavy (non-hydrogen) atoms. The summed E-state index contributed by atoms with van der Waals surface area (Å²) in [6, 6.07) is 13.3. The Morgan fingerprint density at radius 2 is 1.86 bits per heavy atom. The summed E-state index contributed by atoms with van der Waals surface area (Å²) >= 11 is 0. The van der Waals surface area contributed by atoms with Gasteiger partial charge in [-0.2, -0.15) is 9.41 Å². The van der Waals surface area contributed by atoms with E-state index in [1.165, 1.54) is 22.7 Å². The van der Waals surface area contributed by atoms with E-state index in [9.17, 15) is 18.5 Å². The Morgan fingerprint density at radius 1 is 1.14 bits per heavy atom. The van der Waals surface area contributed by atoms with E-state index in [1.54, 1.807) is 6.08 Å². The fraction of sp³-hybridized carbons (Fsp3) is 0.211. The van der Waals surface area contributed by atoms with Crippen molar-refractivity contribution in [2.45, 2.75) is 4.90 Å². The Labute approximate surface area is 168 Å². The zero-order valence-electron chi connectivity index (χ0n) is 15.5. The van der Waals surface area contributed by atoms with Crippen LogP contribution in [-0.4, -0.2) is 50.2 Å². The van der Waals surface area contributed by atoms with Crippen LogP contribution in [0.1, 0.15) is 5.56 Å². The second-order valence-corrected chi connectivity index (χ2v) is 8.05. The molecule has 152 valence electrons. The van der Waals surface area contributed by atoms with Crippen LogP contribution in [0, 0.1) is 10.1 Å². The number of hydrazone groups is 1. The molecule has 9 nitrogen and oxygen atoms in total. The summed E-state index contributed by atoms with van der Waals surface area (Å²) in [5, 5.41) is 15.4. The van der Waals surface area contributed by atoms with Gasteiger partial charge >= 0.3 is 0 Å². The Kier molecular flexibility index (Phi) is 6.70. The van der Waals surface area contributed by atoms with E-state index in [2.05, 4.69) is 10.5 Å². The monoisotopic (exact) mass is 416 g/mol. The van der Waals surface area contributed by atoms with Crippen molar-refractivity contribution in [3.8, 4) is 0 Å². The summed E-state index contributed by atoms with van der Waals surface area (Å²) in [7, 11) is -3.82. The van der Waals surface area contributed by atoms with Crippen LogP contribution >= 0.6 is 0 Å². The van der Waals surface area contributed by atoms with Gasteiger partial charge in [0.15, 0.2) is 0 Å². The number of hydrogen-bond donors (Lipinski definition) is 1. The average molecular weight is 416 g/mol. The minimum Gasteiger partial charge on any atom is -0.379 e. The Hall–Kier alpha value is -3.08. The van der Waals surface area contributed by atoms with Crippen LogP contribution in [0.5, 0.6) is 0 Å². The summed E-state index contributed by atoms with van der Waals surface area (Å²) in [5.41, 5.74) is 3.30. The smallest absolute Gasteiger partial charge is 0.295 e. The molecule has 0 atom stereocenters. The first kappa shape index (κ1) is 20.6. The molecule has 1 fully saturated rings. The zero-order valence-corrected chi connectivity index (χ0v) is 16.3. The van der Waals surface area contributed by atoms with E-state index in [4.69, 9.17) is 4.74 Å². The number of morpholine rings is 1. The molecule has 0 aromatic heterocycles. The van der Waals surface area contributed by atoms with Crippen LogP contribution in [0.3, 0.4) is 0 Å². The molecule has 3 rings (SSSR count). The standard InChI is InChI=1S/C19H20N4O5S/c24-23(25)19-15-17(29(26,27)22-11-13-28-14-12-22)8-9-18(19)21-20-10-4-7-16-5-2-1-3-6-16/h1-10,15,21H,11-14H2/b7-4+,20-10-. The summed E-state index contributed by atoms with van der Waals surface area (Å²) in [6.07, 6.45) is 4.97. The molecule has 1 saturated heterocycles. The molecule has 1 heterocycles. The van der Waals surface area contributed by atoms with E-state index in [1.807, 2.05) is 36.4 Å². The fourth-order valence-corrected chi connectivity index (χ4v) is 4.15. The number of anilines is 1. The predicted molar refractivity (Wildman–Crippen MR) is 110 cm³/mol. The molecule has 2 aromatic rings. The highest BCUT2D eigenvalue weighted by atomic mass is 32.2. The average Bonchev–Trinajstić information content (AvgIpc) is 2.74. The molecule has 1 N–H and O–H groups in total. The number of nitro groups is 1. The van der Waals surface area contributed by atoms with Gasteiger partial charge in [-0.25, -0.2) is 8.42 Å². The Balaban J connectivity index is 1.75. The van der Waals surface area contributed by atoms with Gasteiger partial charge in [-0.3, -0.25) is 15.5 Å². The van der Waals surface area contributed by atoms with E-state index in [0.717, 1.165) is 11.6 Å². The molecule has 0 bridgehead atoms. The third-order valence-electron chi connectivity index (χ3n) is 4.21. The second-order valence-electron chi connectivity index (χ2n) is 6.11. The zero-order chi connectivity index (χ0) is 20.7. The van der Waals surface area contributed by atoms with Crippen molar-refractivity contribution in [2.24, 2.45) is 5.10 Å². The van der Waals surface area contributed by atoms with Gasteiger partial charge in [-0.1, -0.05) is 36.4 Å². The first-order chi connectivity index (χ1) is 14.0. The van der Waals surface area contributed by atoms with E-state index < -0.39 is 14.9 Å². The second kappa shape index (κ2) is 9.41. The van der Waals surface area contributed by atoms with Crippen LogP contribution in [0.15, 0.2) is 64.6 Å². The summed E-state index contributed by atoms with van der Waals surface area (Å²) in [4.78, 5) is 10.6. The lowest BCUT2D eigenvalue weighted by molar-refractivity contribution is -0.384. The van der Waals surface area contributed by atoms with Crippen LogP contribution in [0.2, 0.25) is 0 Å². The van der Waals surface area contributed by atoms with Crippen molar-refractivity contribution in [1.82, 2.24) is 4.31 Å². The number of benzene rings is 2. The highest BCUT2D eigenvalue weighted by Gasteiger charge is 2.28. The molecule has 2 aromatic carbocycles. The predicted octanol–water partition coefficient (Wildman–Crippen LogP) is 2.73. The van der Waals surface area contributed by atoms with Crippen LogP contribution in [0.4, 0.5) is 11.4 Å². The molecule has 10 heteroatoms.